The number of rotatable bonds is 9. The Morgan fingerprint density at radius 1 is 0.784 bits per heavy atom. The van der Waals surface area contributed by atoms with Gasteiger partial charge in [0.15, 0.2) is 0 Å². The number of benzene rings is 4. The molecule has 0 spiro atoms. The van der Waals surface area contributed by atoms with E-state index in [1.165, 1.54) is 50.1 Å². The third-order valence-electron chi connectivity index (χ3n) is 8.07. The van der Waals surface area contributed by atoms with E-state index in [1.807, 2.05) is 0 Å². The van der Waals surface area contributed by atoms with E-state index in [0.29, 0.717) is 0 Å². The van der Waals surface area contributed by atoms with E-state index < -0.39 is 0 Å². The molecule has 0 radical (unpaired) electrons. The topological polar surface area (TPSA) is 0 Å². The largest absolute Gasteiger partial charge is 0.0955 e. The van der Waals surface area contributed by atoms with Gasteiger partial charge in [0.1, 0.15) is 0 Å². The van der Waals surface area contributed by atoms with E-state index in [1.54, 1.807) is 0 Å². The molecule has 0 aromatic heterocycles. The molecule has 37 heavy (non-hydrogen) atoms. The predicted molar refractivity (Wildman–Crippen MR) is 160 cm³/mol. The average Bonchev–Trinajstić information content (AvgIpc) is 3.31. The zero-order valence-electron chi connectivity index (χ0n) is 22.6. The van der Waals surface area contributed by atoms with Gasteiger partial charge < -0.3 is 0 Å². The fraction of sp³-hybridized carbons (Fsp3) is 0.243. The molecule has 0 amide bonds. The van der Waals surface area contributed by atoms with Crippen molar-refractivity contribution in [2.75, 3.05) is 0 Å². The van der Waals surface area contributed by atoms with Gasteiger partial charge in [-0.15, -0.1) is 0 Å². The van der Waals surface area contributed by atoms with E-state index in [4.69, 9.17) is 0 Å². The van der Waals surface area contributed by atoms with Crippen LogP contribution < -0.4 is 0 Å². The smallest absolute Gasteiger partial charge is 0.0243 e. The molecule has 0 heteroatoms. The second kappa shape index (κ2) is 10.8. The van der Waals surface area contributed by atoms with Crippen molar-refractivity contribution in [3.63, 3.8) is 0 Å². The molecular formula is C37H38. The van der Waals surface area contributed by atoms with Gasteiger partial charge in [0.2, 0.25) is 0 Å². The fourth-order valence-electron chi connectivity index (χ4n) is 6.24. The minimum absolute atomic E-state index is 0.0824. The highest BCUT2D eigenvalue weighted by Gasteiger charge is 2.34. The molecule has 0 N–H and O–H groups in total. The van der Waals surface area contributed by atoms with Gasteiger partial charge in [-0.05, 0) is 91.8 Å². The highest BCUT2D eigenvalue weighted by Crippen LogP contribution is 2.43. The van der Waals surface area contributed by atoms with Crippen molar-refractivity contribution >= 4 is 11.1 Å². The Balaban J connectivity index is 1.51. The highest BCUT2D eigenvalue weighted by atomic mass is 14.4. The quantitative estimate of drug-likeness (QED) is 0.223. The van der Waals surface area contributed by atoms with Crippen molar-refractivity contribution in [3.8, 4) is 0 Å². The Labute approximate surface area is 223 Å². The van der Waals surface area contributed by atoms with Crippen molar-refractivity contribution in [1.29, 1.82) is 0 Å². The molecular weight excluding hydrogens is 444 g/mol. The lowest BCUT2D eigenvalue weighted by molar-refractivity contribution is 0.454. The summed E-state index contributed by atoms with van der Waals surface area (Å²) < 4.78 is 0. The number of hydrogen-bond acceptors (Lipinski definition) is 0. The second-order valence-electron chi connectivity index (χ2n) is 10.9. The lowest BCUT2D eigenvalue weighted by atomic mass is 9.67. The highest BCUT2D eigenvalue weighted by molar-refractivity contribution is 5.79. The summed E-state index contributed by atoms with van der Waals surface area (Å²) in [6.45, 7) is 10.8. The third-order valence-corrected chi connectivity index (χ3v) is 8.07. The molecule has 1 aliphatic carbocycles. The average molecular weight is 483 g/mol. The molecule has 0 fully saturated rings. The maximum Gasteiger partial charge on any atom is 0.0243 e. The third kappa shape index (κ3) is 5.25. The Hall–Kier alpha value is -3.64. The molecule has 4 aromatic carbocycles. The zero-order valence-corrected chi connectivity index (χ0v) is 22.6. The van der Waals surface area contributed by atoms with Gasteiger partial charge in [-0.25, -0.2) is 0 Å². The molecule has 0 bridgehead atoms. The molecule has 0 saturated carbocycles. The molecule has 0 nitrogen and oxygen atoms in total. The van der Waals surface area contributed by atoms with Gasteiger partial charge in [0.05, 0.1) is 0 Å². The van der Waals surface area contributed by atoms with Gasteiger partial charge in [-0.3, -0.25) is 0 Å². The van der Waals surface area contributed by atoms with Crippen LogP contribution in [0.1, 0.15) is 70.7 Å². The first kappa shape index (κ1) is 25.0. The molecule has 0 heterocycles. The summed E-state index contributed by atoms with van der Waals surface area (Å²) in [6.07, 6.45) is 7.81. The lowest BCUT2D eigenvalue weighted by Gasteiger charge is -2.36. The predicted octanol–water partition coefficient (Wildman–Crippen LogP) is 9.68. The van der Waals surface area contributed by atoms with Crippen molar-refractivity contribution in [2.24, 2.45) is 0 Å². The summed E-state index contributed by atoms with van der Waals surface area (Å²) in [5, 5.41) is 0. The van der Waals surface area contributed by atoms with Crippen molar-refractivity contribution < 1.29 is 0 Å². The SMILES string of the molecule is C=C(C)c1cccc2c1CC=C2CCCC(Cc1ccccc1)(c1cccc(C)c1)c1cccc(C)c1. The first-order chi connectivity index (χ1) is 18.0. The molecule has 0 aliphatic heterocycles. The molecule has 0 unspecified atom stereocenters. The fourth-order valence-corrected chi connectivity index (χ4v) is 6.24. The number of fused-ring (bicyclic) bond motifs is 1. The van der Waals surface area contributed by atoms with Crippen LogP contribution in [0.25, 0.3) is 11.1 Å². The summed E-state index contributed by atoms with van der Waals surface area (Å²) in [4.78, 5) is 0. The molecule has 4 aromatic rings. The van der Waals surface area contributed by atoms with Crippen LogP contribution in [0.15, 0.2) is 110 Å². The zero-order chi connectivity index (χ0) is 25.8. The molecule has 1 aliphatic rings. The van der Waals surface area contributed by atoms with Gasteiger partial charge in [0.25, 0.3) is 0 Å². The van der Waals surface area contributed by atoms with Crippen LogP contribution in [0.5, 0.6) is 0 Å². The Kier molecular flexibility index (Phi) is 7.28. The maximum absolute atomic E-state index is 4.22. The summed E-state index contributed by atoms with van der Waals surface area (Å²) in [5.74, 6) is 0. The van der Waals surface area contributed by atoms with Gasteiger partial charge >= 0.3 is 0 Å². The van der Waals surface area contributed by atoms with Gasteiger partial charge in [-0.2, -0.15) is 0 Å². The number of aryl methyl sites for hydroxylation is 2. The normalized spacial score (nSPS) is 12.8. The lowest BCUT2D eigenvalue weighted by Crippen LogP contribution is -2.31. The van der Waals surface area contributed by atoms with E-state index in [-0.39, 0.29) is 5.41 Å². The van der Waals surface area contributed by atoms with Crippen molar-refractivity contribution in [1.82, 2.24) is 0 Å². The monoisotopic (exact) mass is 482 g/mol. The summed E-state index contributed by atoms with van der Waals surface area (Å²) in [6, 6.07) is 36.2. The standard InChI is InChI=1S/C37H38/c1-27(2)34-19-10-20-35-31(21-22-36(34)35)16-11-23-37(26-30-14-6-5-7-15-30,32-17-8-12-28(3)24-32)33-18-9-13-29(4)25-33/h5-10,12-15,17-21,24-25H,1,11,16,22-23,26H2,2-4H3. The first-order valence-corrected chi connectivity index (χ1v) is 13.6. The Morgan fingerprint density at radius 3 is 2.05 bits per heavy atom. The van der Waals surface area contributed by atoms with Crippen LogP contribution in [-0.4, -0.2) is 0 Å². The summed E-state index contributed by atoms with van der Waals surface area (Å²) >= 11 is 0. The van der Waals surface area contributed by atoms with Crippen LogP contribution in [0, 0.1) is 13.8 Å². The van der Waals surface area contributed by atoms with Gasteiger partial charge in [0, 0.05) is 5.41 Å². The maximum atomic E-state index is 4.22. The van der Waals surface area contributed by atoms with Crippen LogP contribution >= 0.6 is 0 Å². The van der Waals surface area contributed by atoms with Crippen molar-refractivity contribution in [2.45, 2.75) is 58.3 Å². The summed E-state index contributed by atoms with van der Waals surface area (Å²) in [7, 11) is 0. The Morgan fingerprint density at radius 2 is 1.43 bits per heavy atom. The van der Waals surface area contributed by atoms with Crippen LogP contribution in [0.4, 0.5) is 0 Å². The van der Waals surface area contributed by atoms with E-state index in [0.717, 1.165) is 37.7 Å². The van der Waals surface area contributed by atoms with E-state index >= 15 is 0 Å². The van der Waals surface area contributed by atoms with E-state index in [2.05, 4.69) is 130 Å². The van der Waals surface area contributed by atoms with Crippen LogP contribution in [-0.2, 0) is 18.3 Å². The molecule has 0 saturated heterocycles. The van der Waals surface area contributed by atoms with E-state index in [9.17, 15) is 0 Å². The minimum Gasteiger partial charge on any atom is -0.0955 e. The Bertz CT molecular complexity index is 1390. The molecule has 0 atom stereocenters. The van der Waals surface area contributed by atoms with Crippen molar-refractivity contribution in [3.05, 3.63) is 154 Å². The number of hydrogen-bond donors (Lipinski definition) is 0. The van der Waals surface area contributed by atoms with Gasteiger partial charge in [-0.1, -0.05) is 126 Å². The number of allylic oxidation sites excluding steroid dienone is 3. The molecule has 5 rings (SSSR count). The summed E-state index contributed by atoms with van der Waals surface area (Å²) in [5.41, 5.74) is 13.7. The first-order valence-electron chi connectivity index (χ1n) is 13.6. The van der Waals surface area contributed by atoms with Crippen LogP contribution in [0.2, 0.25) is 0 Å². The second-order valence-corrected chi connectivity index (χ2v) is 10.9. The van der Waals surface area contributed by atoms with Crippen LogP contribution in [0.3, 0.4) is 0 Å². The molecule has 186 valence electrons. The minimum atomic E-state index is -0.0824.